The van der Waals surface area contributed by atoms with Gasteiger partial charge < -0.3 is 4.74 Å². The van der Waals surface area contributed by atoms with Crippen molar-refractivity contribution in [1.29, 1.82) is 0 Å². The maximum absolute atomic E-state index is 12.6. The molecule has 3 rings (SSSR count). The number of hydrogen-bond donors (Lipinski definition) is 0. The molecule has 1 saturated heterocycles. The molecule has 0 aliphatic carbocycles. The maximum Gasteiger partial charge on any atom is 0.273 e. The molecule has 2 amide bonds. The second kappa shape index (κ2) is 7.39. The van der Waals surface area contributed by atoms with Crippen molar-refractivity contribution in [3.05, 3.63) is 69.6 Å². The molecule has 0 N–H and O–H groups in total. The Hall–Kier alpha value is -2.15. The summed E-state index contributed by atoms with van der Waals surface area (Å²) in [4.78, 5) is 26.6. The lowest BCUT2D eigenvalue weighted by Crippen LogP contribution is -2.34. The van der Waals surface area contributed by atoms with Crippen molar-refractivity contribution in [2.24, 2.45) is 0 Å². The number of ether oxygens (including phenoxy) is 1. The number of nitrogens with zero attached hydrogens (tertiary/aromatic N) is 1. The number of imide groups is 1. The van der Waals surface area contributed by atoms with Crippen LogP contribution in [0.3, 0.4) is 0 Å². The van der Waals surface area contributed by atoms with Crippen LogP contribution in [0.2, 0.25) is 5.02 Å². The normalized spacial score (nSPS) is 15.8. The van der Waals surface area contributed by atoms with Crippen molar-refractivity contribution in [2.75, 3.05) is 7.11 Å². The van der Waals surface area contributed by atoms with Gasteiger partial charge in [0.25, 0.3) is 11.8 Å². The lowest BCUT2D eigenvalue weighted by atomic mass is 10.2. The molecule has 0 radical (unpaired) electrons. The van der Waals surface area contributed by atoms with Crippen LogP contribution in [0.1, 0.15) is 15.9 Å². The van der Waals surface area contributed by atoms with Crippen LogP contribution >= 0.6 is 35.6 Å². The van der Waals surface area contributed by atoms with E-state index in [1.165, 1.54) is 0 Å². The lowest BCUT2D eigenvalue weighted by Gasteiger charge is -2.12. The first-order valence-corrected chi connectivity index (χ1v) is 8.82. The van der Waals surface area contributed by atoms with E-state index < -0.39 is 11.8 Å². The summed E-state index contributed by atoms with van der Waals surface area (Å²) in [7, 11) is 1.54. The second-order valence-corrected chi connectivity index (χ2v) is 7.21. The van der Waals surface area contributed by atoms with Gasteiger partial charge >= 0.3 is 0 Å². The molecule has 0 atom stereocenters. The average Bonchev–Trinajstić information content (AvgIpc) is 2.90. The van der Waals surface area contributed by atoms with Crippen molar-refractivity contribution in [2.45, 2.75) is 0 Å². The fourth-order valence-corrected chi connectivity index (χ4v) is 3.60. The molecule has 4 nitrogen and oxygen atoms in total. The van der Waals surface area contributed by atoms with E-state index in [0.717, 1.165) is 22.2 Å². The van der Waals surface area contributed by atoms with E-state index in [0.29, 0.717) is 21.2 Å². The Balaban J connectivity index is 1.85. The molecule has 1 aliphatic rings. The number of thioether (sulfide) groups is 1. The van der Waals surface area contributed by atoms with Gasteiger partial charge in [-0.2, -0.15) is 0 Å². The van der Waals surface area contributed by atoms with Gasteiger partial charge in [0.05, 0.1) is 12.0 Å². The number of methoxy groups -OCH3 is 1. The van der Waals surface area contributed by atoms with Gasteiger partial charge in [-0.25, -0.2) is 4.90 Å². The number of amides is 2. The minimum absolute atomic E-state index is 0.214. The SMILES string of the molecule is COc1ccc(C(=O)N2C(=O)C(=Cc3ccc(Cl)cc3)SC2=S)cc1. The van der Waals surface area contributed by atoms with E-state index in [1.807, 2.05) is 0 Å². The zero-order valence-corrected chi connectivity index (χ0v) is 15.5. The van der Waals surface area contributed by atoms with Crippen LogP contribution in [0.25, 0.3) is 6.08 Å². The topological polar surface area (TPSA) is 46.6 Å². The highest BCUT2D eigenvalue weighted by Gasteiger charge is 2.37. The van der Waals surface area contributed by atoms with Gasteiger partial charge in [0, 0.05) is 10.6 Å². The Bertz CT molecular complexity index is 876. The first-order chi connectivity index (χ1) is 12.0. The average molecular weight is 390 g/mol. The van der Waals surface area contributed by atoms with Crippen LogP contribution in [-0.4, -0.2) is 28.1 Å². The molecule has 126 valence electrons. The molecule has 25 heavy (non-hydrogen) atoms. The number of thiocarbonyl (C=S) groups is 1. The number of carbonyl (C=O) groups is 2. The summed E-state index contributed by atoms with van der Waals surface area (Å²) in [5.74, 6) is -0.250. The molecule has 0 aromatic heterocycles. The number of benzene rings is 2. The zero-order valence-electron chi connectivity index (χ0n) is 13.1. The zero-order chi connectivity index (χ0) is 18.0. The Morgan fingerprint density at radius 2 is 1.80 bits per heavy atom. The highest BCUT2D eigenvalue weighted by atomic mass is 35.5. The minimum Gasteiger partial charge on any atom is -0.497 e. The lowest BCUT2D eigenvalue weighted by molar-refractivity contribution is -0.120. The van der Waals surface area contributed by atoms with Crippen molar-refractivity contribution in [1.82, 2.24) is 4.90 Å². The summed E-state index contributed by atoms with van der Waals surface area (Å²) in [6.45, 7) is 0. The van der Waals surface area contributed by atoms with Crippen LogP contribution in [0.15, 0.2) is 53.4 Å². The third-order valence-electron chi connectivity index (χ3n) is 3.50. The predicted octanol–water partition coefficient (Wildman–Crippen LogP) is 4.39. The summed E-state index contributed by atoms with van der Waals surface area (Å²) < 4.78 is 5.28. The summed E-state index contributed by atoms with van der Waals surface area (Å²) >= 11 is 12.2. The van der Waals surface area contributed by atoms with Crippen LogP contribution in [-0.2, 0) is 4.79 Å². The van der Waals surface area contributed by atoms with Gasteiger partial charge in [-0.15, -0.1) is 0 Å². The van der Waals surface area contributed by atoms with Crippen molar-refractivity contribution in [3.8, 4) is 5.75 Å². The second-order valence-electron chi connectivity index (χ2n) is 5.10. The fraction of sp³-hybridized carbons (Fsp3) is 0.0556. The molecule has 1 aliphatic heterocycles. The third kappa shape index (κ3) is 3.76. The summed E-state index contributed by atoms with van der Waals surface area (Å²) in [6, 6.07) is 13.6. The van der Waals surface area contributed by atoms with Crippen molar-refractivity contribution < 1.29 is 14.3 Å². The summed E-state index contributed by atoms with van der Waals surface area (Å²) in [5.41, 5.74) is 1.17. The molecular weight excluding hydrogens is 378 g/mol. The Kier molecular flexibility index (Phi) is 5.22. The van der Waals surface area contributed by atoms with Gasteiger partial charge in [0.15, 0.2) is 4.32 Å². The minimum atomic E-state index is -0.454. The molecule has 0 saturated carbocycles. The molecule has 0 spiro atoms. The standard InChI is InChI=1S/C18H12ClNO3S2/c1-23-14-8-4-12(5-9-14)16(21)20-17(22)15(25-18(20)24)10-11-2-6-13(19)7-3-11/h2-10H,1H3. The molecule has 1 fully saturated rings. The Labute approximate surface area is 159 Å². The van der Waals surface area contributed by atoms with E-state index >= 15 is 0 Å². The van der Waals surface area contributed by atoms with Crippen LogP contribution in [0.4, 0.5) is 0 Å². The Morgan fingerprint density at radius 1 is 1.16 bits per heavy atom. The molecule has 0 bridgehead atoms. The summed E-state index contributed by atoms with van der Waals surface area (Å²) in [6.07, 6.45) is 1.69. The van der Waals surface area contributed by atoms with E-state index in [2.05, 4.69) is 0 Å². The fourth-order valence-electron chi connectivity index (χ4n) is 2.22. The van der Waals surface area contributed by atoms with E-state index in [-0.39, 0.29) is 4.32 Å². The highest BCUT2D eigenvalue weighted by Crippen LogP contribution is 2.33. The number of carbonyl (C=O) groups excluding carboxylic acids is 2. The van der Waals surface area contributed by atoms with Crippen molar-refractivity contribution in [3.63, 3.8) is 0 Å². The van der Waals surface area contributed by atoms with Gasteiger partial charge in [-0.3, -0.25) is 9.59 Å². The largest absolute Gasteiger partial charge is 0.497 e. The molecule has 2 aromatic carbocycles. The molecule has 0 unspecified atom stereocenters. The number of rotatable bonds is 3. The van der Waals surface area contributed by atoms with E-state index in [4.69, 9.17) is 28.6 Å². The highest BCUT2D eigenvalue weighted by molar-refractivity contribution is 8.26. The number of hydrogen-bond acceptors (Lipinski definition) is 5. The maximum atomic E-state index is 12.6. The first-order valence-electron chi connectivity index (χ1n) is 7.21. The van der Waals surface area contributed by atoms with E-state index in [9.17, 15) is 9.59 Å². The molecule has 7 heteroatoms. The monoisotopic (exact) mass is 389 g/mol. The Morgan fingerprint density at radius 3 is 2.40 bits per heavy atom. The molecular formula is C18H12ClNO3S2. The van der Waals surface area contributed by atoms with Crippen LogP contribution in [0.5, 0.6) is 5.75 Å². The summed E-state index contributed by atoms with van der Waals surface area (Å²) in [5, 5.41) is 0.611. The third-order valence-corrected chi connectivity index (χ3v) is 5.06. The van der Waals surface area contributed by atoms with Crippen LogP contribution < -0.4 is 4.74 Å². The van der Waals surface area contributed by atoms with Crippen LogP contribution in [0, 0.1) is 0 Å². The predicted molar refractivity (Wildman–Crippen MR) is 104 cm³/mol. The van der Waals surface area contributed by atoms with Gasteiger partial charge in [-0.1, -0.05) is 47.7 Å². The van der Waals surface area contributed by atoms with Gasteiger partial charge in [0.2, 0.25) is 0 Å². The quantitative estimate of drug-likeness (QED) is 0.442. The molecule has 1 heterocycles. The van der Waals surface area contributed by atoms with Gasteiger partial charge in [-0.05, 0) is 48.0 Å². The van der Waals surface area contributed by atoms with Crippen molar-refractivity contribution >= 4 is 57.8 Å². The smallest absolute Gasteiger partial charge is 0.273 e. The first kappa shape index (κ1) is 17.7. The van der Waals surface area contributed by atoms with Gasteiger partial charge in [0.1, 0.15) is 5.75 Å². The molecule has 2 aromatic rings. The number of halogens is 1. The van der Waals surface area contributed by atoms with E-state index in [1.54, 1.807) is 61.7 Å².